The van der Waals surface area contributed by atoms with Gasteiger partial charge in [-0.1, -0.05) is 6.07 Å². The van der Waals surface area contributed by atoms with E-state index in [9.17, 15) is 18.0 Å². The average molecular weight is 280 g/mol. The van der Waals surface area contributed by atoms with Gasteiger partial charge in [-0.2, -0.15) is 18.3 Å². The van der Waals surface area contributed by atoms with Crippen molar-refractivity contribution in [2.45, 2.75) is 6.18 Å². The fraction of sp³-hybridized carbons (Fsp3) is 0.0833. The molecule has 0 unspecified atom stereocenters. The first kappa shape index (κ1) is 12.4. The maximum Gasteiger partial charge on any atom is 0.418 e. The predicted molar refractivity (Wildman–Crippen MR) is 63.6 cm³/mol. The number of nitrogens with zero attached hydrogens (tertiary/aromatic N) is 4. The predicted octanol–water partition coefficient (Wildman–Crippen LogP) is 1.90. The van der Waals surface area contributed by atoms with Gasteiger partial charge < -0.3 is 0 Å². The van der Waals surface area contributed by atoms with Gasteiger partial charge in [0.1, 0.15) is 17.7 Å². The van der Waals surface area contributed by atoms with Crippen LogP contribution in [0, 0.1) is 0 Å². The summed E-state index contributed by atoms with van der Waals surface area (Å²) >= 11 is 0. The van der Waals surface area contributed by atoms with Crippen LogP contribution < -0.4 is 5.56 Å². The summed E-state index contributed by atoms with van der Waals surface area (Å²) < 4.78 is 40.5. The molecule has 0 aromatic carbocycles. The van der Waals surface area contributed by atoms with Gasteiger partial charge in [-0.25, -0.2) is 14.1 Å². The molecule has 0 aliphatic heterocycles. The van der Waals surface area contributed by atoms with Crippen LogP contribution in [0.15, 0.2) is 47.8 Å². The normalized spacial score (nSPS) is 11.9. The molecule has 0 amide bonds. The number of halogens is 3. The summed E-state index contributed by atoms with van der Waals surface area (Å²) in [5.74, 6) is 0.210. The van der Waals surface area contributed by atoms with E-state index < -0.39 is 22.8 Å². The van der Waals surface area contributed by atoms with Gasteiger partial charge in [0.15, 0.2) is 0 Å². The Hall–Kier alpha value is -2.64. The summed E-state index contributed by atoms with van der Waals surface area (Å²) in [5, 5.41) is 3.79. The van der Waals surface area contributed by atoms with E-state index in [1.165, 1.54) is 12.3 Å². The summed E-state index contributed by atoms with van der Waals surface area (Å²) in [7, 11) is 0. The quantitative estimate of drug-likeness (QED) is 0.684. The van der Waals surface area contributed by atoms with Crippen LogP contribution in [0.1, 0.15) is 5.56 Å². The number of pyridine rings is 1. The Morgan fingerprint density at radius 2 is 1.95 bits per heavy atom. The highest BCUT2D eigenvalue weighted by Gasteiger charge is 2.35. The first-order valence-electron chi connectivity index (χ1n) is 5.56. The molecular formula is C12H7F3N4O. The summed E-state index contributed by atoms with van der Waals surface area (Å²) in [6, 6.07) is 5.60. The van der Waals surface area contributed by atoms with E-state index >= 15 is 0 Å². The van der Waals surface area contributed by atoms with E-state index in [0.717, 1.165) is 27.7 Å². The highest BCUT2D eigenvalue weighted by Crippen LogP contribution is 2.31. The molecule has 0 saturated carbocycles. The van der Waals surface area contributed by atoms with Crippen LogP contribution in [0.25, 0.3) is 11.3 Å². The van der Waals surface area contributed by atoms with Gasteiger partial charge in [0.2, 0.25) is 0 Å². The largest absolute Gasteiger partial charge is 0.418 e. The van der Waals surface area contributed by atoms with Gasteiger partial charge in [0.25, 0.3) is 5.56 Å². The van der Waals surface area contributed by atoms with Crippen LogP contribution in [0.5, 0.6) is 0 Å². The molecule has 3 rings (SSSR count). The van der Waals surface area contributed by atoms with Crippen LogP contribution in [-0.2, 0) is 6.18 Å². The highest BCUT2D eigenvalue weighted by molar-refractivity contribution is 5.55. The molecule has 3 aromatic rings. The van der Waals surface area contributed by atoms with Crippen LogP contribution in [-0.4, -0.2) is 19.2 Å². The van der Waals surface area contributed by atoms with Crippen molar-refractivity contribution in [3.05, 3.63) is 58.9 Å². The smallest absolute Gasteiger partial charge is 0.266 e. The third-order valence-corrected chi connectivity index (χ3v) is 2.78. The van der Waals surface area contributed by atoms with Crippen molar-refractivity contribution in [3.63, 3.8) is 0 Å². The first-order chi connectivity index (χ1) is 9.48. The lowest BCUT2D eigenvalue weighted by Gasteiger charge is -2.07. The van der Waals surface area contributed by atoms with Gasteiger partial charge >= 0.3 is 6.18 Å². The summed E-state index contributed by atoms with van der Waals surface area (Å²) in [6.45, 7) is 0. The van der Waals surface area contributed by atoms with Crippen LogP contribution in [0.3, 0.4) is 0 Å². The van der Waals surface area contributed by atoms with E-state index in [2.05, 4.69) is 10.1 Å². The molecule has 3 aromatic heterocycles. The Bertz CT molecular complexity index is 820. The zero-order valence-corrected chi connectivity index (χ0v) is 9.87. The van der Waals surface area contributed by atoms with Crippen LogP contribution in [0.4, 0.5) is 13.2 Å². The molecule has 102 valence electrons. The molecule has 3 heterocycles. The van der Waals surface area contributed by atoms with Crippen LogP contribution >= 0.6 is 0 Å². The molecule has 0 bridgehead atoms. The number of aromatic nitrogens is 4. The molecular weight excluding hydrogens is 273 g/mol. The second kappa shape index (κ2) is 4.19. The molecule has 0 atom stereocenters. The lowest BCUT2D eigenvalue weighted by atomic mass is 10.3. The maximum absolute atomic E-state index is 12.9. The summed E-state index contributed by atoms with van der Waals surface area (Å²) in [4.78, 5) is 16.1. The lowest BCUT2D eigenvalue weighted by molar-refractivity contribution is -0.136. The van der Waals surface area contributed by atoms with E-state index in [4.69, 9.17) is 0 Å². The molecule has 0 radical (unpaired) electrons. The van der Waals surface area contributed by atoms with Crippen molar-refractivity contribution in [3.8, 4) is 5.82 Å². The van der Waals surface area contributed by atoms with Gasteiger partial charge in [-0.3, -0.25) is 4.79 Å². The van der Waals surface area contributed by atoms with E-state index in [1.807, 2.05) is 0 Å². The van der Waals surface area contributed by atoms with Gasteiger partial charge in [0, 0.05) is 12.4 Å². The minimum absolute atomic E-state index is 0.210. The van der Waals surface area contributed by atoms with E-state index in [0.29, 0.717) is 0 Å². The minimum atomic E-state index is -4.61. The zero-order chi connectivity index (χ0) is 14.3. The Labute approximate surface area is 109 Å². The van der Waals surface area contributed by atoms with Crippen molar-refractivity contribution >= 4 is 5.52 Å². The van der Waals surface area contributed by atoms with Crippen molar-refractivity contribution in [2.24, 2.45) is 0 Å². The molecule has 0 saturated heterocycles. The molecule has 0 fully saturated rings. The Morgan fingerprint density at radius 1 is 1.15 bits per heavy atom. The van der Waals surface area contributed by atoms with Crippen molar-refractivity contribution in [1.82, 2.24) is 19.2 Å². The third-order valence-electron chi connectivity index (χ3n) is 2.78. The number of hydrogen-bond acceptors (Lipinski definition) is 3. The SMILES string of the molecule is O=c1c2c(C(F)(F)F)ccn2ncn1-c1ccccn1. The Kier molecular flexibility index (Phi) is 2.60. The summed E-state index contributed by atoms with van der Waals surface area (Å²) in [6.07, 6.45) is -0.937. The first-order valence-corrected chi connectivity index (χ1v) is 5.56. The molecule has 8 heteroatoms. The van der Waals surface area contributed by atoms with Crippen molar-refractivity contribution in [2.75, 3.05) is 0 Å². The highest BCUT2D eigenvalue weighted by atomic mass is 19.4. The second-order valence-corrected chi connectivity index (χ2v) is 4.01. The fourth-order valence-electron chi connectivity index (χ4n) is 1.89. The van der Waals surface area contributed by atoms with Crippen molar-refractivity contribution in [1.29, 1.82) is 0 Å². The van der Waals surface area contributed by atoms with Gasteiger partial charge in [-0.05, 0) is 18.2 Å². The molecule has 0 aliphatic carbocycles. The topological polar surface area (TPSA) is 52.2 Å². The van der Waals surface area contributed by atoms with Gasteiger partial charge in [-0.15, -0.1) is 0 Å². The van der Waals surface area contributed by atoms with Crippen LogP contribution in [0.2, 0.25) is 0 Å². The number of alkyl halides is 3. The molecule has 20 heavy (non-hydrogen) atoms. The maximum atomic E-state index is 12.9. The number of fused-ring (bicyclic) bond motifs is 1. The summed E-state index contributed by atoms with van der Waals surface area (Å²) in [5.41, 5.74) is -2.36. The number of hydrogen-bond donors (Lipinski definition) is 0. The fourth-order valence-corrected chi connectivity index (χ4v) is 1.89. The Balaban J connectivity index is 2.33. The zero-order valence-electron chi connectivity index (χ0n) is 9.87. The monoisotopic (exact) mass is 280 g/mol. The standard InChI is InChI=1S/C12H7F3N4O/c13-12(14,15)8-4-6-19-10(8)11(20)18(7-17-19)9-3-1-2-5-16-9/h1-7H. The molecule has 5 nitrogen and oxygen atoms in total. The number of rotatable bonds is 1. The second-order valence-electron chi connectivity index (χ2n) is 4.01. The van der Waals surface area contributed by atoms with Gasteiger partial charge in [0.05, 0.1) is 5.56 Å². The lowest BCUT2D eigenvalue weighted by Crippen LogP contribution is -2.24. The average Bonchev–Trinajstić information content (AvgIpc) is 2.85. The molecule has 0 N–H and O–H groups in total. The molecule has 0 aliphatic rings. The van der Waals surface area contributed by atoms with E-state index in [1.54, 1.807) is 12.1 Å². The minimum Gasteiger partial charge on any atom is -0.266 e. The van der Waals surface area contributed by atoms with E-state index in [-0.39, 0.29) is 5.82 Å². The molecule has 0 spiro atoms. The third kappa shape index (κ3) is 1.85. The van der Waals surface area contributed by atoms with Crippen molar-refractivity contribution < 1.29 is 13.2 Å². The Morgan fingerprint density at radius 3 is 2.60 bits per heavy atom.